The van der Waals surface area contributed by atoms with Gasteiger partial charge in [0.1, 0.15) is 6.17 Å². The van der Waals surface area contributed by atoms with Gasteiger partial charge in [-0.15, -0.1) is 0 Å². The maximum Gasteiger partial charge on any atom is 0.244 e. The summed E-state index contributed by atoms with van der Waals surface area (Å²) in [4.78, 5) is 15.2. The van der Waals surface area contributed by atoms with Gasteiger partial charge in [-0.3, -0.25) is 10.1 Å². The number of nitrogens with zero attached hydrogens (tertiary/aromatic N) is 1. The second-order valence-electron chi connectivity index (χ2n) is 7.24. The first-order valence-corrected chi connectivity index (χ1v) is 8.28. The normalized spacial score (nSPS) is 33.9. The number of rotatable bonds is 2. The lowest BCUT2D eigenvalue weighted by molar-refractivity contribution is -0.134. The van der Waals surface area contributed by atoms with Gasteiger partial charge in [-0.05, 0) is 37.7 Å². The van der Waals surface area contributed by atoms with Gasteiger partial charge in [0.2, 0.25) is 5.91 Å². The average molecular weight is 284 g/mol. The Morgan fingerprint density at radius 3 is 2.38 bits per heavy atom. The summed E-state index contributed by atoms with van der Waals surface area (Å²) < 4.78 is 0. The van der Waals surface area contributed by atoms with Crippen molar-refractivity contribution in [3.63, 3.8) is 0 Å². The maximum absolute atomic E-state index is 13.1. The van der Waals surface area contributed by atoms with Crippen molar-refractivity contribution in [2.45, 2.75) is 63.7 Å². The van der Waals surface area contributed by atoms with Crippen molar-refractivity contribution in [1.82, 2.24) is 10.2 Å². The molecule has 1 N–H and O–H groups in total. The molecule has 21 heavy (non-hydrogen) atoms. The predicted molar refractivity (Wildman–Crippen MR) is 82.7 cm³/mol. The summed E-state index contributed by atoms with van der Waals surface area (Å²) in [6, 6.07) is 9.09. The fourth-order valence-corrected chi connectivity index (χ4v) is 4.12. The monoisotopic (exact) mass is 284 g/mol. The highest BCUT2D eigenvalue weighted by Crippen LogP contribution is 2.47. The fourth-order valence-electron chi connectivity index (χ4n) is 4.12. The number of carbonyl (C=O) groups is 1. The SMILES string of the molecule is Cc1ccc(C2NC3(CCCC3)C(=O)N2C2CC2C)cc1. The molecule has 1 heterocycles. The van der Waals surface area contributed by atoms with Crippen molar-refractivity contribution in [3.05, 3.63) is 35.4 Å². The van der Waals surface area contributed by atoms with Gasteiger partial charge in [-0.25, -0.2) is 0 Å². The minimum absolute atomic E-state index is 0.0751. The molecule has 3 heteroatoms. The lowest BCUT2D eigenvalue weighted by Gasteiger charge is -2.25. The van der Waals surface area contributed by atoms with E-state index in [0.717, 1.165) is 19.3 Å². The molecule has 3 unspecified atom stereocenters. The topological polar surface area (TPSA) is 32.3 Å². The van der Waals surface area contributed by atoms with Crippen LogP contribution in [0.5, 0.6) is 0 Å². The van der Waals surface area contributed by atoms with Crippen LogP contribution in [0, 0.1) is 12.8 Å². The molecule has 0 radical (unpaired) electrons. The zero-order valence-electron chi connectivity index (χ0n) is 12.9. The Morgan fingerprint density at radius 2 is 1.81 bits per heavy atom. The zero-order chi connectivity index (χ0) is 14.6. The van der Waals surface area contributed by atoms with Gasteiger partial charge in [-0.1, -0.05) is 49.6 Å². The molecule has 1 aromatic carbocycles. The minimum Gasteiger partial charge on any atom is -0.318 e. The number of benzene rings is 1. The van der Waals surface area contributed by atoms with Gasteiger partial charge in [0.25, 0.3) is 0 Å². The Hall–Kier alpha value is -1.35. The first-order valence-electron chi connectivity index (χ1n) is 8.28. The standard InChI is InChI=1S/C18H24N2O/c1-12-5-7-14(8-6-12)16-19-18(9-3-4-10-18)17(21)20(16)15-11-13(15)2/h5-8,13,15-16,19H,3-4,9-11H2,1-2H3. The molecule has 112 valence electrons. The average Bonchev–Trinajstić information content (AvgIpc) is 2.91. The Balaban J connectivity index is 1.70. The quantitative estimate of drug-likeness (QED) is 0.905. The largest absolute Gasteiger partial charge is 0.318 e. The van der Waals surface area contributed by atoms with E-state index in [0.29, 0.717) is 17.9 Å². The highest BCUT2D eigenvalue weighted by atomic mass is 16.2. The van der Waals surface area contributed by atoms with Crippen LogP contribution in [0.2, 0.25) is 0 Å². The number of aryl methyl sites for hydroxylation is 1. The summed E-state index contributed by atoms with van der Waals surface area (Å²) in [5, 5.41) is 3.72. The molecule has 2 saturated carbocycles. The number of nitrogens with one attached hydrogen (secondary N) is 1. The number of carbonyl (C=O) groups excluding carboxylic acids is 1. The van der Waals surface area contributed by atoms with Gasteiger partial charge < -0.3 is 4.90 Å². The van der Waals surface area contributed by atoms with Crippen LogP contribution in [0.4, 0.5) is 0 Å². The van der Waals surface area contributed by atoms with Crippen molar-refractivity contribution in [2.24, 2.45) is 5.92 Å². The summed E-state index contributed by atoms with van der Waals surface area (Å²) in [7, 11) is 0. The second kappa shape index (κ2) is 4.57. The molecular weight excluding hydrogens is 260 g/mol. The summed E-state index contributed by atoms with van der Waals surface area (Å²) in [6.07, 6.45) is 5.59. The first kappa shape index (κ1) is 13.3. The fraction of sp³-hybridized carbons (Fsp3) is 0.611. The van der Waals surface area contributed by atoms with Crippen LogP contribution in [0.3, 0.4) is 0 Å². The summed E-state index contributed by atoms with van der Waals surface area (Å²) in [5.41, 5.74) is 2.24. The maximum atomic E-state index is 13.1. The number of hydrogen-bond acceptors (Lipinski definition) is 2. The molecule has 1 aliphatic heterocycles. The van der Waals surface area contributed by atoms with Crippen LogP contribution in [-0.4, -0.2) is 22.4 Å². The van der Waals surface area contributed by atoms with E-state index in [2.05, 4.69) is 48.3 Å². The highest BCUT2D eigenvalue weighted by Gasteiger charge is 2.57. The number of amides is 1. The summed E-state index contributed by atoms with van der Waals surface area (Å²) in [6.45, 7) is 4.36. The van der Waals surface area contributed by atoms with E-state index >= 15 is 0 Å². The third-order valence-electron chi connectivity index (χ3n) is 5.61. The van der Waals surface area contributed by atoms with E-state index in [-0.39, 0.29) is 11.7 Å². The molecule has 3 atom stereocenters. The minimum atomic E-state index is -0.266. The summed E-state index contributed by atoms with van der Waals surface area (Å²) in [5.74, 6) is 1.01. The molecule has 0 aromatic heterocycles. The van der Waals surface area contributed by atoms with Crippen molar-refractivity contribution >= 4 is 5.91 Å². The van der Waals surface area contributed by atoms with E-state index < -0.39 is 0 Å². The molecule has 0 bridgehead atoms. The van der Waals surface area contributed by atoms with Gasteiger partial charge in [0, 0.05) is 6.04 Å². The van der Waals surface area contributed by atoms with Crippen LogP contribution in [0.15, 0.2) is 24.3 Å². The Kier molecular flexibility index (Phi) is 2.90. The highest BCUT2D eigenvalue weighted by molar-refractivity contribution is 5.90. The molecule has 3 nitrogen and oxygen atoms in total. The smallest absolute Gasteiger partial charge is 0.244 e. The van der Waals surface area contributed by atoms with Crippen molar-refractivity contribution in [3.8, 4) is 0 Å². The lowest BCUT2D eigenvalue weighted by atomic mass is 9.98. The Morgan fingerprint density at radius 1 is 1.19 bits per heavy atom. The van der Waals surface area contributed by atoms with E-state index in [1.165, 1.54) is 24.0 Å². The Bertz CT molecular complexity index is 559. The second-order valence-corrected chi connectivity index (χ2v) is 7.24. The molecule has 1 aromatic rings. The molecule has 1 amide bonds. The molecule has 3 aliphatic rings. The van der Waals surface area contributed by atoms with E-state index in [1.54, 1.807) is 0 Å². The van der Waals surface area contributed by atoms with Gasteiger partial charge in [-0.2, -0.15) is 0 Å². The third-order valence-corrected chi connectivity index (χ3v) is 5.61. The molecular formula is C18H24N2O. The predicted octanol–water partition coefficient (Wildman–Crippen LogP) is 3.15. The van der Waals surface area contributed by atoms with Gasteiger partial charge >= 0.3 is 0 Å². The van der Waals surface area contributed by atoms with Crippen molar-refractivity contribution in [1.29, 1.82) is 0 Å². The molecule has 3 fully saturated rings. The lowest BCUT2D eigenvalue weighted by Crippen LogP contribution is -2.44. The van der Waals surface area contributed by atoms with Gasteiger partial charge in [0.05, 0.1) is 5.54 Å². The molecule has 1 spiro atoms. The molecule has 1 saturated heterocycles. The van der Waals surface area contributed by atoms with Crippen LogP contribution >= 0.6 is 0 Å². The van der Waals surface area contributed by atoms with Crippen molar-refractivity contribution < 1.29 is 4.79 Å². The van der Waals surface area contributed by atoms with E-state index in [4.69, 9.17) is 0 Å². The van der Waals surface area contributed by atoms with Crippen molar-refractivity contribution in [2.75, 3.05) is 0 Å². The third kappa shape index (κ3) is 2.02. The zero-order valence-corrected chi connectivity index (χ0v) is 12.9. The van der Waals surface area contributed by atoms with E-state index in [9.17, 15) is 4.79 Å². The molecule has 2 aliphatic carbocycles. The Labute approximate surface area is 126 Å². The van der Waals surface area contributed by atoms with Crippen LogP contribution in [0.1, 0.15) is 56.3 Å². The van der Waals surface area contributed by atoms with Crippen LogP contribution in [-0.2, 0) is 4.79 Å². The van der Waals surface area contributed by atoms with E-state index in [1.807, 2.05) is 0 Å². The van der Waals surface area contributed by atoms with Crippen LogP contribution < -0.4 is 5.32 Å². The molecule has 4 rings (SSSR count). The number of hydrogen-bond donors (Lipinski definition) is 1. The summed E-state index contributed by atoms with van der Waals surface area (Å²) >= 11 is 0. The van der Waals surface area contributed by atoms with Gasteiger partial charge in [0.15, 0.2) is 0 Å². The van der Waals surface area contributed by atoms with Crippen LogP contribution in [0.25, 0.3) is 0 Å². The first-order chi connectivity index (χ1) is 10.1.